The highest BCUT2D eigenvalue weighted by Crippen LogP contribution is 2.39. The van der Waals surface area contributed by atoms with Crippen LogP contribution in [-0.2, 0) is 11.2 Å². The van der Waals surface area contributed by atoms with Crippen LogP contribution in [0, 0.1) is 0 Å². The minimum absolute atomic E-state index is 0.0951. The molecular formula is C24H26ClNO4S2. The van der Waals surface area contributed by atoms with Crippen molar-refractivity contribution in [2.75, 3.05) is 26.9 Å². The number of thioether (sulfide) groups is 1. The molecule has 3 rings (SSSR count). The van der Waals surface area contributed by atoms with Gasteiger partial charge in [0.15, 0.2) is 11.5 Å². The second-order valence-electron chi connectivity index (χ2n) is 7.01. The number of methoxy groups -OCH3 is 1. The summed E-state index contributed by atoms with van der Waals surface area (Å²) in [7, 11) is 1.56. The summed E-state index contributed by atoms with van der Waals surface area (Å²) in [4.78, 5) is 14.6. The van der Waals surface area contributed by atoms with E-state index in [0.717, 1.165) is 17.7 Å². The van der Waals surface area contributed by atoms with Gasteiger partial charge in [0.25, 0.3) is 5.91 Å². The van der Waals surface area contributed by atoms with Gasteiger partial charge in [-0.2, -0.15) is 0 Å². The van der Waals surface area contributed by atoms with E-state index in [1.165, 1.54) is 17.3 Å². The fourth-order valence-corrected chi connectivity index (χ4v) is 4.79. The van der Waals surface area contributed by atoms with Crippen LogP contribution in [0.15, 0.2) is 41.3 Å². The molecule has 8 heteroatoms. The lowest BCUT2D eigenvalue weighted by atomic mass is 10.1. The normalized spacial score (nSPS) is 14.9. The van der Waals surface area contributed by atoms with E-state index in [9.17, 15) is 4.79 Å². The van der Waals surface area contributed by atoms with Crippen LogP contribution in [0.25, 0.3) is 6.08 Å². The minimum atomic E-state index is -0.0951. The maximum Gasteiger partial charge on any atom is 0.266 e. The smallest absolute Gasteiger partial charge is 0.266 e. The zero-order valence-electron chi connectivity index (χ0n) is 18.4. The first-order chi connectivity index (χ1) is 15.5. The van der Waals surface area contributed by atoms with E-state index in [1.54, 1.807) is 30.2 Å². The summed E-state index contributed by atoms with van der Waals surface area (Å²) in [5.74, 6) is 1.73. The Morgan fingerprint density at radius 1 is 1.12 bits per heavy atom. The van der Waals surface area contributed by atoms with E-state index in [4.69, 9.17) is 38.0 Å². The molecule has 2 aromatic rings. The van der Waals surface area contributed by atoms with Crippen LogP contribution >= 0.6 is 35.6 Å². The number of halogens is 1. The van der Waals surface area contributed by atoms with E-state index in [-0.39, 0.29) is 5.91 Å². The number of hydrogen-bond donors (Lipinski definition) is 0. The standard InChI is InChI=1S/C24H26ClNO4S2/c1-4-16-7-9-18(10-8-16)29-11-6-12-30-22-19(25)13-17(14-20(22)28-3)15-21-23(27)26(5-2)24(31)32-21/h7-10,13-15H,4-6,11-12H2,1-3H3/b21-15-. The number of amides is 1. The third-order valence-electron chi connectivity index (χ3n) is 4.87. The molecule has 0 unspecified atom stereocenters. The highest BCUT2D eigenvalue weighted by atomic mass is 35.5. The molecule has 1 fully saturated rings. The van der Waals surface area contributed by atoms with E-state index < -0.39 is 0 Å². The van der Waals surface area contributed by atoms with Gasteiger partial charge in [-0.15, -0.1) is 0 Å². The molecule has 170 valence electrons. The molecule has 0 bridgehead atoms. The summed E-state index contributed by atoms with van der Waals surface area (Å²) in [5.41, 5.74) is 2.03. The van der Waals surface area contributed by atoms with Crippen LogP contribution in [-0.4, -0.2) is 42.0 Å². The zero-order valence-corrected chi connectivity index (χ0v) is 20.7. The van der Waals surface area contributed by atoms with Gasteiger partial charge in [0.1, 0.15) is 10.1 Å². The molecule has 1 heterocycles. The minimum Gasteiger partial charge on any atom is -0.493 e. The highest BCUT2D eigenvalue weighted by Gasteiger charge is 2.30. The molecule has 1 saturated heterocycles. The van der Waals surface area contributed by atoms with Gasteiger partial charge in [0.2, 0.25) is 0 Å². The maximum atomic E-state index is 12.4. The molecule has 32 heavy (non-hydrogen) atoms. The Bertz CT molecular complexity index is 1010. The first-order valence-electron chi connectivity index (χ1n) is 10.4. The van der Waals surface area contributed by atoms with E-state index in [1.807, 2.05) is 19.1 Å². The van der Waals surface area contributed by atoms with E-state index in [0.29, 0.717) is 51.9 Å². The van der Waals surface area contributed by atoms with E-state index >= 15 is 0 Å². The topological polar surface area (TPSA) is 48.0 Å². The van der Waals surface area contributed by atoms with Crippen molar-refractivity contribution in [2.45, 2.75) is 26.7 Å². The second-order valence-corrected chi connectivity index (χ2v) is 9.09. The molecule has 0 spiro atoms. The number of thiocarbonyl (C=S) groups is 1. The predicted octanol–water partition coefficient (Wildman–Crippen LogP) is 5.98. The summed E-state index contributed by atoms with van der Waals surface area (Å²) in [6.45, 7) is 5.53. The zero-order chi connectivity index (χ0) is 23.1. The molecule has 5 nitrogen and oxygen atoms in total. The summed E-state index contributed by atoms with van der Waals surface area (Å²) in [5, 5.41) is 0.414. The van der Waals surface area contributed by atoms with Gasteiger partial charge in [-0.1, -0.05) is 54.6 Å². The third kappa shape index (κ3) is 5.97. The Hall–Kier alpha value is -2.22. The van der Waals surface area contributed by atoms with Crippen molar-refractivity contribution in [1.82, 2.24) is 4.90 Å². The lowest BCUT2D eigenvalue weighted by Gasteiger charge is -2.14. The van der Waals surface area contributed by atoms with Gasteiger partial charge in [-0.05, 0) is 54.8 Å². The van der Waals surface area contributed by atoms with Crippen molar-refractivity contribution in [1.29, 1.82) is 0 Å². The summed E-state index contributed by atoms with van der Waals surface area (Å²) in [6.07, 6.45) is 3.47. The van der Waals surface area contributed by atoms with Gasteiger partial charge in [0.05, 0.1) is 30.3 Å². The van der Waals surface area contributed by atoms with Crippen LogP contribution in [0.1, 0.15) is 31.4 Å². The Morgan fingerprint density at radius 3 is 2.47 bits per heavy atom. The SMILES string of the molecule is CCc1ccc(OCCCOc2c(Cl)cc(/C=C3\SC(=S)N(CC)C3=O)cc2OC)cc1. The van der Waals surface area contributed by atoms with Crippen molar-refractivity contribution in [3.63, 3.8) is 0 Å². The van der Waals surface area contributed by atoms with Gasteiger partial charge < -0.3 is 14.2 Å². The van der Waals surface area contributed by atoms with Gasteiger partial charge >= 0.3 is 0 Å². The molecule has 0 atom stereocenters. The Balaban J connectivity index is 1.59. The van der Waals surface area contributed by atoms with Gasteiger partial charge in [-0.25, -0.2) is 0 Å². The average Bonchev–Trinajstić information content (AvgIpc) is 3.06. The highest BCUT2D eigenvalue weighted by molar-refractivity contribution is 8.26. The molecule has 1 aliphatic heterocycles. The number of benzene rings is 2. The third-order valence-corrected chi connectivity index (χ3v) is 6.53. The fraction of sp³-hybridized carbons (Fsp3) is 0.333. The summed E-state index contributed by atoms with van der Waals surface area (Å²) in [6, 6.07) is 11.6. The molecule has 1 aliphatic rings. The number of carbonyl (C=O) groups excluding carboxylic acids is 1. The van der Waals surface area contributed by atoms with Crippen molar-refractivity contribution >= 4 is 51.9 Å². The lowest BCUT2D eigenvalue weighted by Crippen LogP contribution is -2.27. The fourth-order valence-electron chi connectivity index (χ4n) is 3.13. The molecule has 1 amide bonds. The second kappa shape index (κ2) is 11.6. The van der Waals surface area contributed by atoms with Crippen molar-refractivity contribution in [3.8, 4) is 17.2 Å². The quantitative estimate of drug-likeness (QED) is 0.231. The largest absolute Gasteiger partial charge is 0.493 e. The number of nitrogens with zero attached hydrogens (tertiary/aromatic N) is 1. The van der Waals surface area contributed by atoms with Crippen LogP contribution in [0.5, 0.6) is 17.2 Å². The molecule has 2 aromatic carbocycles. The van der Waals surface area contributed by atoms with Crippen LogP contribution < -0.4 is 14.2 Å². The number of rotatable bonds is 10. The number of likely N-dealkylation sites (N-methyl/N-ethyl adjacent to an activating group) is 1. The number of carbonyl (C=O) groups is 1. The predicted molar refractivity (Wildman–Crippen MR) is 135 cm³/mol. The Labute approximate surface area is 203 Å². The van der Waals surface area contributed by atoms with E-state index in [2.05, 4.69) is 19.1 Å². The van der Waals surface area contributed by atoms with Crippen molar-refractivity contribution in [2.24, 2.45) is 0 Å². The van der Waals surface area contributed by atoms with Crippen LogP contribution in [0.2, 0.25) is 5.02 Å². The Morgan fingerprint density at radius 2 is 1.84 bits per heavy atom. The first kappa shape index (κ1) is 24.4. The monoisotopic (exact) mass is 491 g/mol. The molecule has 0 N–H and O–H groups in total. The van der Waals surface area contributed by atoms with Crippen LogP contribution in [0.3, 0.4) is 0 Å². The Kier molecular flexibility index (Phi) is 8.84. The van der Waals surface area contributed by atoms with Gasteiger partial charge in [-0.3, -0.25) is 9.69 Å². The number of aryl methyl sites for hydroxylation is 1. The average molecular weight is 492 g/mol. The molecule has 0 radical (unpaired) electrons. The molecule has 0 aliphatic carbocycles. The van der Waals surface area contributed by atoms with Crippen LogP contribution in [0.4, 0.5) is 0 Å². The number of hydrogen-bond acceptors (Lipinski definition) is 6. The molecule has 0 aromatic heterocycles. The maximum absolute atomic E-state index is 12.4. The first-order valence-corrected chi connectivity index (χ1v) is 12.0. The lowest BCUT2D eigenvalue weighted by molar-refractivity contribution is -0.121. The van der Waals surface area contributed by atoms with Crippen molar-refractivity contribution < 1.29 is 19.0 Å². The number of ether oxygens (including phenoxy) is 3. The summed E-state index contributed by atoms with van der Waals surface area (Å²) >= 11 is 13.0. The summed E-state index contributed by atoms with van der Waals surface area (Å²) < 4.78 is 17.7. The van der Waals surface area contributed by atoms with Crippen molar-refractivity contribution in [3.05, 3.63) is 57.5 Å². The molecule has 0 saturated carbocycles. The van der Waals surface area contributed by atoms with Gasteiger partial charge in [0, 0.05) is 13.0 Å². The molecular weight excluding hydrogens is 466 g/mol.